The van der Waals surface area contributed by atoms with E-state index in [-0.39, 0.29) is 18.7 Å². The molecule has 0 heterocycles. The van der Waals surface area contributed by atoms with E-state index in [4.69, 9.17) is 32.7 Å². The number of carbonyl (C=O) groups excluding carboxylic acids is 1. The first-order valence-corrected chi connectivity index (χ1v) is 11.3. The van der Waals surface area contributed by atoms with Crippen molar-refractivity contribution in [2.24, 2.45) is 0 Å². The van der Waals surface area contributed by atoms with Crippen LogP contribution in [0, 0.1) is 11.3 Å². The largest absolute Gasteiger partial charge is 0.497 e. The van der Waals surface area contributed by atoms with Crippen LogP contribution in [0.3, 0.4) is 0 Å². The first kappa shape index (κ1) is 24.7. The Hall–Kier alpha value is -2.98. The summed E-state index contributed by atoms with van der Waals surface area (Å²) in [7, 11) is 1.59. The second kappa shape index (κ2) is 11.8. The third-order valence-corrected chi connectivity index (χ3v) is 5.86. The van der Waals surface area contributed by atoms with E-state index in [2.05, 4.69) is 21.2 Å². The van der Waals surface area contributed by atoms with Crippen LogP contribution < -0.4 is 14.8 Å². The van der Waals surface area contributed by atoms with Gasteiger partial charge in [0.1, 0.15) is 29.7 Å². The lowest BCUT2D eigenvalue weighted by atomic mass is 10.1. The Labute approximate surface area is 210 Å². The van der Waals surface area contributed by atoms with Crippen molar-refractivity contribution in [2.75, 3.05) is 7.11 Å². The summed E-state index contributed by atoms with van der Waals surface area (Å²) in [5, 5.41) is 13.2. The van der Waals surface area contributed by atoms with E-state index in [1.165, 1.54) is 6.08 Å². The first-order valence-electron chi connectivity index (χ1n) is 9.79. The number of halogens is 3. The lowest BCUT2D eigenvalue weighted by Crippen LogP contribution is -2.23. The van der Waals surface area contributed by atoms with Crippen LogP contribution in [0.5, 0.6) is 11.5 Å². The van der Waals surface area contributed by atoms with Crippen LogP contribution in [-0.4, -0.2) is 13.0 Å². The van der Waals surface area contributed by atoms with Crippen molar-refractivity contribution in [3.05, 3.63) is 97.4 Å². The standard InChI is InChI=1S/C25H19BrCl2N2O3/c1-32-21-6-2-16(3-7-21)14-30-25(31)19(13-29)11-18-12-20(26)5-9-24(18)33-15-17-4-8-22(27)23(28)10-17/h2-12H,14-15H2,1H3,(H,30,31)/b19-11-. The quantitative estimate of drug-likeness (QED) is 0.257. The molecule has 8 heteroatoms. The minimum atomic E-state index is -0.483. The van der Waals surface area contributed by atoms with Gasteiger partial charge in [0.25, 0.3) is 5.91 Å². The number of hydrogen-bond donors (Lipinski definition) is 1. The van der Waals surface area contributed by atoms with Gasteiger partial charge in [0.2, 0.25) is 0 Å². The Balaban J connectivity index is 1.74. The van der Waals surface area contributed by atoms with Crippen LogP contribution in [0.15, 0.2) is 70.7 Å². The number of ether oxygens (including phenoxy) is 2. The maximum Gasteiger partial charge on any atom is 0.262 e. The van der Waals surface area contributed by atoms with Crippen LogP contribution in [0.25, 0.3) is 6.08 Å². The molecule has 0 radical (unpaired) electrons. The van der Waals surface area contributed by atoms with Crippen LogP contribution in [0.1, 0.15) is 16.7 Å². The fraction of sp³-hybridized carbons (Fsp3) is 0.120. The van der Waals surface area contributed by atoms with Gasteiger partial charge >= 0.3 is 0 Å². The summed E-state index contributed by atoms with van der Waals surface area (Å²) in [6, 6.07) is 19.9. The Morgan fingerprint density at radius 1 is 1.06 bits per heavy atom. The molecular formula is C25H19BrCl2N2O3. The van der Waals surface area contributed by atoms with Crippen molar-refractivity contribution in [3.8, 4) is 17.6 Å². The highest BCUT2D eigenvalue weighted by molar-refractivity contribution is 9.10. The number of amides is 1. The van der Waals surface area contributed by atoms with Crippen LogP contribution in [0.4, 0.5) is 0 Å². The molecule has 1 N–H and O–H groups in total. The van der Waals surface area contributed by atoms with E-state index < -0.39 is 5.91 Å². The topological polar surface area (TPSA) is 71.3 Å². The van der Waals surface area contributed by atoms with E-state index in [1.54, 1.807) is 31.4 Å². The maximum atomic E-state index is 12.6. The van der Waals surface area contributed by atoms with Crippen molar-refractivity contribution in [2.45, 2.75) is 13.2 Å². The third-order valence-electron chi connectivity index (χ3n) is 4.63. The molecule has 0 spiro atoms. The summed E-state index contributed by atoms with van der Waals surface area (Å²) < 4.78 is 11.8. The summed E-state index contributed by atoms with van der Waals surface area (Å²) >= 11 is 15.5. The Kier molecular flexibility index (Phi) is 8.79. The van der Waals surface area contributed by atoms with Gasteiger partial charge in [-0.05, 0) is 59.7 Å². The van der Waals surface area contributed by atoms with Gasteiger partial charge < -0.3 is 14.8 Å². The molecule has 33 heavy (non-hydrogen) atoms. The lowest BCUT2D eigenvalue weighted by Gasteiger charge is -2.11. The van der Waals surface area contributed by atoms with Crippen molar-refractivity contribution in [1.29, 1.82) is 5.26 Å². The Morgan fingerprint density at radius 2 is 1.79 bits per heavy atom. The number of methoxy groups -OCH3 is 1. The van der Waals surface area contributed by atoms with Crippen molar-refractivity contribution in [1.82, 2.24) is 5.32 Å². The van der Waals surface area contributed by atoms with Gasteiger partial charge in [-0.15, -0.1) is 0 Å². The fourth-order valence-electron chi connectivity index (χ4n) is 2.88. The molecular weight excluding hydrogens is 527 g/mol. The predicted octanol–water partition coefficient (Wildman–Crippen LogP) is 6.57. The van der Waals surface area contributed by atoms with Crippen molar-refractivity contribution < 1.29 is 14.3 Å². The molecule has 0 aliphatic rings. The molecule has 0 aromatic heterocycles. The minimum Gasteiger partial charge on any atom is -0.497 e. The SMILES string of the molecule is COc1ccc(CNC(=O)/C(C#N)=C\c2cc(Br)ccc2OCc2ccc(Cl)c(Cl)c2)cc1. The molecule has 0 saturated carbocycles. The molecule has 3 rings (SSSR count). The molecule has 3 aromatic rings. The third kappa shape index (κ3) is 7.00. The average molecular weight is 546 g/mol. The molecule has 1 amide bonds. The Bertz CT molecular complexity index is 1220. The van der Waals surface area contributed by atoms with Gasteiger partial charge in [-0.2, -0.15) is 5.26 Å². The second-order valence-electron chi connectivity index (χ2n) is 6.92. The molecule has 0 atom stereocenters. The van der Waals surface area contributed by atoms with E-state index in [0.717, 1.165) is 21.3 Å². The Morgan fingerprint density at radius 3 is 2.45 bits per heavy atom. The number of benzene rings is 3. The molecule has 0 saturated heterocycles. The van der Waals surface area contributed by atoms with Crippen molar-refractivity contribution >= 4 is 51.1 Å². The van der Waals surface area contributed by atoms with Gasteiger partial charge in [0.15, 0.2) is 0 Å². The number of nitrogens with one attached hydrogen (secondary N) is 1. The van der Waals surface area contributed by atoms with Crippen molar-refractivity contribution in [3.63, 3.8) is 0 Å². The zero-order chi connectivity index (χ0) is 23.8. The number of nitrogens with zero attached hydrogens (tertiary/aromatic N) is 1. The van der Waals surface area contributed by atoms with E-state index >= 15 is 0 Å². The monoisotopic (exact) mass is 544 g/mol. The van der Waals surface area contributed by atoms with Crippen LogP contribution >= 0.6 is 39.1 Å². The van der Waals surface area contributed by atoms with Gasteiger partial charge in [-0.25, -0.2) is 0 Å². The van der Waals surface area contributed by atoms with E-state index in [0.29, 0.717) is 21.4 Å². The summed E-state index contributed by atoms with van der Waals surface area (Å²) in [6.45, 7) is 0.520. The molecule has 0 aliphatic carbocycles. The smallest absolute Gasteiger partial charge is 0.262 e. The molecule has 3 aromatic carbocycles. The highest BCUT2D eigenvalue weighted by atomic mass is 79.9. The predicted molar refractivity (Wildman–Crippen MR) is 133 cm³/mol. The van der Waals surface area contributed by atoms with Crippen LogP contribution in [-0.2, 0) is 17.9 Å². The molecule has 168 valence electrons. The molecule has 0 fully saturated rings. The average Bonchev–Trinajstić information content (AvgIpc) is 2.82. The van der Waals surface area contributed by atoms with E-state index in [9.17, 15) is 10.1 Å². The van der Waals surface area contributed by atoms with E-state index in [1.807, 2.05) is 42.5 Å². The summed E-state index contributed by atoms with van der Waals surface area (Å²) in [5.74, 6) is 0.759. The summed E-state index contributed by atoms with van der Waals surface area (Å²) in [4.78, 5) is 12.6. The first-order chi connectivity index (χ1) is 15.9. The highest BCUT2D eigenvalue weighted by Crippen LogP contribution is 2.28. The molecule has 0 unspecified atom stereocenters. The normalized spacial score (nSPS) is 10.9. The number of hydrogen-bond acceptors (Lipinski definition) is 4. The zero-order valence-corrected chi connectivity index (χ0v) is 20.7. The minimum absolute atomic E-state index is 0.0407. The molecule has 0 bridgehead atoms. The zero-order valence-electron chi connectivity index (χ0n) is 17.6. The molecule has 0 aliphatic heterocycles. The summed E-state index contributed by atoms with van der Waals surface area (Å²) in [5.41, 5.74) is 2.26. The van der Waals surface area contributed by atoms with Gasteiger partial charge in [-0.3, -0.25) is 4.79 Å². The highest BCUT2D eigenvalue weighted by Gasteiger charge is 2.12. The van der Waals surface area contributed by atoms with Gasteiger partial charge in [0.05, 0.1) is 17.2 Å². The van der Waals surface area contributed by atoms with Gasteiger partial charge in [0, 0.05) is 16.6 Å². The number of nitriles is 1. The summed E-state index contributed by atoms with van der Waals surface area (Å²) in [6.07, 6.45) is 1.50. The number of rotatable bonds is 8. The maximum absolute atomic E-state index is 12.6. The van der Waals surface area contributed by atoms with Crippen LogP contribution in [0.2, 0.25) is 10.0 Å². The van der Waals surface area contributed by atoms with Gasteiger partial charge in [-0.1, -0.05) is 57.3 Å². The fourth-order valence-corrected chi connectivity index (χ4v) is 3.58. The molecule has 5 nitrogen and oxygen atoms in total. The second-order valence-corrected chi connectivity index (χ2v) is 8.65. The number of carbonyl (C=O) groups is 1. The lowest BCUT2D eigenvalue weighted by molar-refractivity contribution is -0.117.